The highest BCUT2D eigenvalue weighted by atomic mass is 16.5. The number of hydrogen-bond donors (Lipinski definition) is 2. The third-order valence-corrected chi connectivity index (χ3v) is 5.00. The van der Waals surface area contributed by atoms with Gasteiger partial charge in [0, 0.05) is 12.1 Å². The molecule has 2 unspecified atom stereocenters. The number of aromatic nitrogens is 3. The number of aliphatic hydroxyl groups excluding tert-OH is 1. The molecule has 4 atom stereocenters. The van der Waals surface area contributed by atoms with E-state index in [1.807, 2.05) is 4.57 Å². The summed E-state index contributed by atoms with van der Waals surface area (Å²) in [4.78, 5) is 8.85. The van der Waals surface area contributed by atoms with Gasteiger partial charge in [0.15, 0.2) is 5.65 Å². The maximum Gasteiger partial charge on any atom is 0.164 e. The van der Waals surface area contributed by atoms with Crippen molar-refractivity contribution < 1.29 is 9.84 Å². The van der Waals surface area contributed by atoms with Gasteiger partial charge < -0.3 is 15.6 Å². The average molecular weight is 318 g/mol. The van der Waals surface area contributed by atoms with Crippen LogP contribution in [0.3, 0.4) is 0 Å². The Labute approximate surface area is 136 Å². The quantitative estimate of drug-likeness (QED) is 0.904. The number of nitrogens with two attached hydrogens (primary N) is 1. The van der Waals surface area contributed by atoms with Crippen LogP contribution in [0.4, 0.5) is 5.69 Å². The summed E-state index contributed by atoms with van der Waals surface area (Å²) in [7, 11) is 0. The molecule has 1 aliphatic rings. The summed E-state index contributed by atoms with van der Waals surface area (Å²) in [5.74, 6) is 1.43. The Morgan fingerprint density at radius 2 is 1.91 bits per heavy atom. The van der Waals surface area contributed by atoms with Crippen molar-refractivity contribution in [3.63, 3.8) is 0 Å². The number of ether oxygens (including phenoxy) is 1. The lowest BCUT2D eigenvalue weighted by atomic mass is 9.75. The number of aliphatic hydroxyl groups is 1. The van der Waals surface area contributed by atoms with Crippen LogP contribution in [0.2, 0.25) is 0 Å². The van der Waals surface area contributed by atoms with E-state index in [-0.39, 0.29) is 24.9 Å². The summed E-state index contributed by atoms with van der Waals surface area (Å²) >= 11 is 0. The minimum Gasteiger partial charge on any atom is -0.397 e. The van der Waals surface area contributed by atoms with Crippen molar-refractivity contribution in [2.75, 3.05) is 12.3 Å². The van der Waals surface area contributed by atoms with Crippen LogP contribution in [-0.4, -0.2) is 32.4 Å². The Morgan fingerprint density at radius 3 is 2.52 bits per heavy atom. The number of nitrogen functional groups attached to an aromatic ring is 1. The largest absolute Gasteiger partial charge is 0.397 e. The lowest BCUT2D eigenvalue weighted by Crippen LogP contribution is -2.31. The molecule has 6 heteroatoms. The van der Waals surface area contributed by atoms with E-state index in [4.69, 9.17) is 10.5 Å². The van der Waals surface area contributed by atoms with Gasteiger partial charge in [-0.15, -0.1) is 0 Å². The zero-order valence-electron chi connectivity index (χ0n) is 14.2. The molecule has 0 aromatic carbocycles. The molecule has 2 aromatic rings. The lowest BCUT2D eigenvalue weighted by molar-refractivity contribution is -0.0405. The van der Waals surface area contributed by atoms with E-state index in [1.54, 1.807) is 18.6 Å². The Bertz CT molecular complexity index is 682. The normalized spacial score (nSPS) is 28.3. The highest BCUT2D eigenvalue weighted by Crippen LogP contribution is 2.47. The van der Waals surface area contributed by atoms with Crippen LogP contribution in [0.15, 0.2) is 18.6 Å². The van der Waals surface area contributed by atoms with Crippen LogP contribution in [0.1, 0.15) is 33.9 Å². The Hall–Kier alpha value is -1.66. The highest BCUT2D eigenvalue weighted by Gasteiger charge is 2.47. The second-order valence-electron chi connectivity index (χ2n) is 7.11. The first-order chi connectivity index (χ1) is 11.0. The Balaban J connectivity index is 2.07. The molecular formula is C17H26N4O2. The monoisotopic (exact) mass is 318 g/mol. The summed E-state index contributed by atoms with van der Waals surface area (Å²) in [6.45, 7) is 8.83. The maximum atomic E-state index is 9.77. The number of pyridine rings is 1. The Kier molecular flexibility index (Phi) is 4.29. The van der Waals surface area contributed by atoms with Crippen molar-refractivity contribution in [3.8, 4) is 0 Å². The zero-order chi connectivity index (χ0) is 16.7. The van der Waals surface area contributed by atoms with Crippen LogP contribution in [-0.2, 0) is 4.74 Å². The molecule has 6 nitrogen and oxygen atoms in total. The summed E-state index contributed by atoms with van der Waals surface area (Å²) < 4.78 is 8.22. The summed E-state index contributed by atoms with van der Waals surface area (Å²) in [6, 6.07) is 1.75. The molecule has 3 heterocycles. The summed E-state index contributed by atoms with van der Waals surface area (Å²) in [5.41, 5.74) is 8.05. The van der Waals surface area contributed by atoms with Crippen LogP contribution in [0, 0.1) is 23.7 Å². The van der Waals surface area contributed by atoms with Gasteiger partial charge in [-0.05, 0) is 23.8 Å². The van der Waals surface area contributed by atoms with E-state index >= 15 is 0 Å². The molecule has 0 radical (unpaired) electrons. The van der Waals surface area contributed by atoms with Gasteiger partial charge in [-0.2, -0.15) is 0 Å². The number of imidazole rings is 1. The molecule has 126 valence electrons. The third kappa shape index (κ3) is 2.60. The van der Waals surface area contributed by atoms with Crippen molar-refractivity contribution in [1.29, 1.82) is 0 Å². The number of hydrogen-bond acceptors (Lipinski definition) is 5. The molecule has 1 aliphatic heterocycles. The average Bonchev–Trinajstić information content (AvgIpc) is 3.08. The molecule has 3 N–H and O–H groups in total. The molecule has 0 bridgehead atoms. The van der Waals surface area contributed by atoms with Gasteiger partial charge in [-0.1, -0.05) is 27.7 Å². The lowest BCUT2D eigenvalue weighted by Gasteiger charge is -2.30. The van der Waals surface area contributed by atoms with Gasteiger partial charge in [0.1, 0.15) is 11.7 Å². The zero-order valence-corrected chi connectivity index (χ0v) is 14.2. The number of fused-ring (bicyclic) bond motifs is 1. The van der Waals surface area contributed by atoms with Crippen molar-refractivity contribution in [2.45, 2.75) is 40.0 Å². The van der Waals surface area contributed by atoms with Gasteiger partial charge in [0.2, 0.25) is 0 Å². The topological polar surface area (TPSA) is 86.2 Å². The number of anilines is 1. The van der Waals surface area contributed by atoms with Crippen LogP contribution in [0.25, 0.3) is 11.2 Å². The highest BCUT2D eigenvalue weighted by molar-refractivity contribution is 5.83. The van der Waals surface area contributed by atoms with Gasteiger partial charge in [-0.3, -0.25) is 4.57 Å². The molecular weight excluding hydrogens is 292 g/mol. The fraction of sp³-hybridized carbons (Fsp3) is 0.647. The molecule has 1 fully saturated rings. The summed E-state index contributed by atoms with van der Waals surface area (Å²) in [6.07, 6.45) is 3.11. The van der Waals surface area contributed by atoms with E-state index in [1.165, 1.54) is 0 Å². The van der Waals surface area contributed by atoms with Gasteiger partial charge >= 0.3 is 0 Å². The van der Waals surface area contributed by atoms with Gasteiger partial charge in [0.25, 0.3) is 0 Å². The predicted molar refractivity (Wildman–Crippen MR) is 89.6 cm³/mol. The third-order valence-electron chi connectivity index (χ3n) is 5.00. The molecule has 0 saturated carbocycles. The number of rotatable bonds is 4. The number of nitrogens with zero attached hydrogens (tertiary/aromatic N) is 3. The molecule has 2 aromatic heterocycles. The fourth-order valence-electron chi connectivity index (χ4n) is 4.00. The fourth-order valence-corrected chi connectivity index (χ4v) is 4.00. The summed E-state index contributed by atoms with van der Waals surface area (Å²) in [5, 5.41) is 9.77. The van der Waals surface area contributed by atoms with Crippen LogP contribution < -0.4 is 5.73 Å². The second-order valence-corrected chi connectivity index (χ2v) is 7.11. The van der Waals surface area contributed by atoms with Gasteiger partial charge in [-0.25, -0.2) is 9.97 Å². The molecule has 1 saturated heterocycles. The first kappa shape index (κ1) is 16.2. The van der Waals surface area contributed by atoms with Gasteiger partial charge in [0.05, 0.1) is 24.7 Å². The van der Waals surface area contributed by atoms with E-state index in [0.717, 1.165) is 5.65 Å². The van der Waals surface area contributed by atoms with Crippen molar-refractivity contribution in [2.24, 2.45) is 23.7 Å². The second kappa shape index (κ2) is 6.09. The standard InChI is InChI=1S/C17H26N4O2/c1-9(2)13-12(7-22)23-17(14(13)10(3)4)21-8-20-15-11(18)5-6-19-16(15)21/h5-6,8-10,12-14,17,22H,7H2,1-4H3,(H2,18,19)/t12-,13?,14?,17-/m1/s1. The Morgan fingerprint density at radius 1 is 1.22 bits per heavy atom. The molecule has 0 aliphatic carbocycles. The van der Waals surface area contributed by atoms with Crippen LogP contribution in [0.5, 0.6) is 0 Å². The van der Waals surface area contributed by atoms with E-state index in [0.29, 0.717) is 29.0 Å². The van der Waals surface area contributed by atoms with Crippen molar-refractivity contribution in [3.05, 3.63) is 18.6 Å². The molecule has 3 rings (SSSR count). The first-order valence-electron chi connectivity index (χ1n) is 8.29. The maximum absolute atomic E-state index is 9.77. The van der Waals surface area contributed by atoms with Crippen LogP contribution >= 0.6 is 0 Å². The van der Waals surface area contributed by atoms with E-state index in [9.17, 15) is 5.11 Å². The smallest absolute Gasteiger partial charge is 0.164 e. The van der Waals surface area contributed by atoms with E-state index < -0.39 is 0 Å². The molecule has 0 amide bonds. The predicted octanol–water partition coefficient (Wildman–Crippen LogP) is 2.45. The van der Waals surface area contributed by atoms with Crippen molar-refractivity contribution in [1.82, 2.24) is 14.5 Å². The minimum absolute atomic E-state index is 0.0325. The first-order valence-corrected chi connectivity index (χ1v) is 8.29. The molecule has 0 spiro atoms. The molecule has 23 heavy (non-hydrogen) atoms. The van der Waals surface area contributed by atoms with Crippen molar-refractivity contribution >= 4 is 16.9 Å². The minimum atomic E-state index is -0.182. The SMILES string of the molecule is CC(C)C1C(C(C)C)[C@@H](CO)O[C@H]1n1cnc2c(N)ccnc21. The van der Waals surface area contributed by atoms with E-state index in [2.05, 4.69) is 37.7 Å².